The predicted molar refractivity (Wildman–Crippen MR) is 94.2 cm³/mol. The van der Waals surface area contributed by atoms with Crippen LogP contribution in [0.25, 0.3) is 10.4 Å². The third-order valence-corrected chi connectivity index (χ3v) is 4.65. The number of carbonyl (C=O) groups excluding carboxylic acids is 3. The molecule has 9 heteroatoms. The number of amides is 3. The van der Waals surface area contributed by atoms with Crippen molar-refractivity contribution >= 4 is 23.4 Å². The zero-order valence-corrected chi connectivity index (χ0v) is 14.3. The van der Waals surface area contributed by atoms with Gasteiger partial charge in [0.2, 0.25) is 11.8 Å². The molecule has 1 saturated heterocycles. The highest BCUT2D eigenvalue weighted by Crippen LogP contribution is 2.32. The number of nitrogens with one attached hydrogen (secondary N) is 2. The minimum Gasteiger partial charge on any atom is -0.385 e. The number of carbonyl (C=O) groups is 3. The van der Waals surface area contributed by atoms with Crippen LogP contribution in [0.4, 0.5) is 5.69 Å². The molecule has 0 saturated carbocycles. The minimum absolute atomic E-state index is 0.179. The van der Waals surface area contributed by atoms with Gasteiger partial charge >= 0.3 is 0 Å². The number of benzene rings is 1. The van der Waals surface area contributed by atoms with Gasteiger partial charge in [0, 0.05) is 47.8 Å². The van der Waals surface area contributed by atoms with Crippen molar-refractivity contribution in [2.24, 2.45) is 5.11 Å². The highest BCUT2D eigenvalue weighted by molar-refractivity contribution is 6.06. The van der Waals surface area contributed by atoms with Crippen molar-refractivity contribution in [3.05, 3.63) is 39.8 Å². The van der Waals surface area contributed by atoms with Crippen molar-refractivity contribution in [2.75, 3.05) is 18.4 Å². The summed E-state index contributed by atoms with van der Waals surface area (Å²) in [6, 6.07) is 4.88. The molecule has 3 amide bonds. The van der Waals surface area contributed by atoms with Gasteiger partial charge in [-0.05, 0) is 36.9 Å². The third kappa shape index (κ3) is 3.62. The van der Waals surface area contributed by atoms with Crippen LogP contribution < -0.4 is 10.6 Å². The first-order chi connectivity index (χ1) is 12.6. The Kier molecular flexibility index (Phi) is 5.38. The van der Waals surface area contributed by atoms with Crippen molar-refractivity contribution in [1.82, 2.24) is 10.2 Å². The molecule has 3 rings (SSSR count). The van der Waals surface area contributed by atoms with Crippen molar-refractivity contribution in [2.45, 2.75) is 38.3 Å². The van der Waals surface area contributed by atoms with Crippen LogP contribution in [-0.4, -0.2) is 41.8 Å². The van der Waals surface area contributed by atoms with Gasteiger partial charge < -0.3 is 10.2 Å². The summed E-state index contributed by atoms with van der Waals surface area (Å²) in [5.74, 6) is -0.880. The summed E-state index contributed by atoms with van der Waals surface area (Å²) in [5.41, 5.74) is 10.6. The number of piperidine rings is 1. The number of hydrogen-bond acceptors (Lipinski definition) is 5. The minimum atomic E-state index is -0.607. The van der Waals surface area contributed by atoms with Gasteiger partial charge in [0.05, 0.1) is 0 Å². The molecule has 1 aromatic rings. The zero-order chi connectivity index (χ0) is 18.5. The second kappa shape index (κ2) is 7.88. The van der Waals surface area contributed by atoms with Crippen LogP contribution in [0.3, 0.4) is 0 Å². The van der Waals surface area contributed by atoms with Crippen molar-refractivity contribution in [1.29, 1.82) is 0 Å². The van der Waals surface area contributed by atoms with E-state index >= 15 is 0 Å². The summed E-state index contributed by atoms with van der Waals surface area (Å²) in [5, 5.41) is 9.12. The number of nitrogens with zero attached hydrogens (tertiary/aromatic N) is 4. The fourth-order valence-electron chi connectivity index (χ4n) is 3.33. The Morgan fingerprint density at radius 1 is 1.31 bits per heavy atom. The molecule has 9 nitrogen and oxygen atoms in total. The first kappa shape index (κ1) is 17.8. The van der Waals surface area contributed by atoms with Gasteiger partial charge in [0.15, 0.2) is 0 Å². The molecular weight excluding hydrogens is 336 g/mol. The molecule has 0 aliphatic carbocycles. The molecule has 2 aliphatic rings. The van der Waals surface area contributed by atoms with Crippen LogP contribution in [0.5, 0.6) is 0 Å². The van der Waals surface area contributed by atoms with Crippen LogP contribution in [-0.2, 0) is 16.1 Å². The van der Waals surface area contributed by atoms with Crippen LogP contribution >= 0.6 is 0 Å². The molecule has 0 radical (unpaired) electrons. The number of anilines is 1. The topological polar surface area (TPSA) is 127 Å². The zero-order valence-electron chi connectivity index (χ0n) is 14.3. The first-order valence-electron chi connectivity index (χ1n) is 8.63. The Balaban J connectivity index is 1.66. The van der Waals surface area contributed by atoms with E-state index in [-0.39, 0.29) is 18.2 Å². The summed E-state index contributed by atoms with van der Waals surface area (Å²) in [6.07, 6.45) is 2.22. The third-order valence-electron chi connectivity index (χ3n) is 4.65. The van der Waals surface area contributed by atoms with E-state index in [2.05, 4.69) is 20.7 Å². The Labute approximate surface area is 150 Å². The molecule has 1 unspecified atom stereocenters. The number of azide groups is 1. The number of hydrogen-bond donors (Lipinski definition) is 2. The maximum absolute atomic E-state index is 12.7. The maximum Gasteiger partial charge on any atom is 0.255 e. The summed E-state index contributed by atoms with van der Waals surface area (Å²) in [4.78, 5) is 40.4. The molecule has 0 spiro atoms. The van der Waals surface area contributed by atoms with Crippen LogP contribution in [0.15, 0.2) is 23.3 Å². The van der Waals surface area contributed by atoms with E-state index in [1.165, 1.54) is 0 Å². The largest absolute Gasteiger partial charge is 0.385 e. The van der Waals surface area contributed by atoms with E-state index < -0.39 is 11.9 Å². The molecule has 0 bridgehead atoms. The number of fused-ring (bicyclic) bond motifs is 1. The van der Waals surface area contributed by atoms with Gasteiger partial charge in [-0.3, -0.25) is 19.7 Å². The average molecular weight is 356 g/mol. The Hall–Kier alpha value is -3.06. The van der Waals surface area contributed by atoms with Crippen molar-refractivity contribution < 1.29 is 14.4 Å². The number of rotatable bonds is 7. The molecule has 0 aromatic heterocycles. The lowest BCUT2D eigenvalue weighted by atomic mass is 10.0. The quantitative estimate of drug-likeness (QED) is 0.254. The van der Waals surface area contributed by atoms with Gasteiger partial charge in [-0.1, -0.05) is 11.2 Å². The Bertz CT molecular complexity index is 787. The number of imide groups is 1. The van der Waals surface area contributed by atoms with Gasteiger partial charge in [-0.25, -0.2) is 0 Å². The Morgan fingerprint density at radius 3 is 2.92 bits per heavy atom. The molecule has 2 heterocycles. The van der Waals surface area contributed by atoms with Gasteiger partial charge in [0.25, 0.3) is 5.91 Å². The Morgan fingerprint density at radius 2 is 2.15 bits per heavy atom. The van der Waals surface area contributed by atoms with E-state index in [0.29, 0.717) is 31.6 Å². The highest BCUT2D eigenvalue weighted by atomic mass is 16.2. The molecule has 26 heavy (non-hydrogen) atoms. The lowest BCUT2D eigenvalue weighted by Crippen LogP contribution is -2.52. The molecule has 136 valence electrons. The fraction of sp³-hybridized carbons (Fsp3) is 0.471. The molecular formula is C17H20N6O3. The summed E-state index contributed by atoms with van der Waals surface area (Å²) in [7, 11) is 0. The first-order valence-corrected chi connectivity index (χ1v) is 8.63. The average Bonchev–Trinajstić information content (AvgIpc) is 2.96. The summed E-state index contributed by atoms with van der Waals surface area (Å²) in [6.45, 7) is 1.51. The lowest BCUT2D eigenvalue weighted by Gasteiger charge is -2.29. The smallest absolute Gasteiger partial charge is 0.255 e. The predicted octanol–water partition coefficient (Wildman–Crippen LogP) is 1.95. The molecule has 2 aliphatic heterocycles. The van der Waals surface area contributed by atoms with Crippen molar-refractivity contribution in [3.8, 4) is 0 Å². The summed E-state index contributed by atoms with van der Waals surface area (Å²) < 4.78 is 0. The second-order valence-electron chi connectivity index (χ2n) is 6.32. The van der Waals surface area contributed by atoms with Gasteiger partial charge in [-0.2, -0.15) is 0 Å². The van der Waals surface area contributed by atoms with E-state index in [9.17, 15) is 14.4 Å². The number of unbranched alkanes of at least 4 members (excludes halogenated alkanes) is 1. The SMILES string of the molecule is [N-]=[N+]=NCCCCNc1cccc2c1CN(C1CCC(=O)NC1=O)C2=O. The highest BCUT2D eigenvalue weighted by Gasteiger charge is 2.39. The van der Waals surface area contributed by atoms with Gasteiger partial charge in [-0.15, -0.1) is 0 Å². The molecule has 2 N–H and O–H groups in total. The van der Waals surface area contributed by atoms with E-state index in [0.717, 1.165) is 24.1 Å². The van der Waals surface area contributed by atoms with E-state index in [4.69, 9.17) is 5.53 Å². The maximum atomic E-state index is 12.7. The molecule has 1 aromatic carbocycles. The normalized spacial score (nSPS) is 19.0. The standard InChI is InChI=1S/C17H20N6O3/c18-22-20-9-2-1-8-19-13-5-3-4-11-12(13)10-23(17(11)26)14-6-7-15(24)21-16(14)25/h3-5,14,19H,1-2,6-10H2,(H,21,24,25). The van der Waals surface area contributed by atoms with Crippen LogP contribution in [0, 0.1) is 0 Å². The van der Waals surface area contributed by atoms with Crippen molar-refractivity contribution in [3.63, 3.8) is 0 Å². The van der Waals surface area contributed by atoms with Crippen LogP contribution in [0.1, 0.15) is 41.6 Å². The summed E-state index contributed by atoms with van der Waals surface area (Å²) >= 11 is 0. The molecule has 1 fully saturated rings. The van der Waals surface area contributed by atoms with E-state index in [1.807, 2.05) is 12.1 Å². The lowest BCUT2D eigenvalue weighted by molar-refractivity contribution is -0.136. The van der Waals surface area contributed by atoms with Gasteiger partial charge in [0.1, 0.15) is 6.04 Å². The molecule has 1 atom stereocenters. The van der Waals surface area contributed by atoms with E-state index in [1.54, 1.807) is 11.0 Å². The second-order valence-corrected chi connectivity index (χ2v) is 6.32. The monoisotopic (exact) mass is 356 g/mol. The van der Waals surface area contributed by atoms with Crippen LogP contribution in [0.2, 0.25) is 0 Å². The fourth-order valence-corrected chi connectivity index (χ4v) is 3.33.